The van der Waals surface area contributed by atoms with E-state index in [1.807, 2.05) is 33.8 Å². The molecule has 1 atom stereocenters. The number of nitrogens with zero attached hydrogens (tertiary/aromatic N) is 2. The highest BCUT2D eigenvalue weighted by atomic mass is 16.4. The monoisotopic (exact) mass is 570 g/mol. The van der Waals surface area contributed by atoms with Gasteiger partial charge in [-0.05, 0) is 92.6 Å². The molecule has 3 aromatic rings. The number of hydrogen-bond donors (Lipinski definition) is 3. The van der Waals surface area contributed by atoms with Crippen molar-refractivity contribution in [2.75, 3.05) is 0 Å². The predicted octanol–water partition coefficient (Wildman–Crippen LogP) is 9.89. The summed E-state index contributed by atoms with van der Waals surface area (Å²) in [6.07, 6.45) is 6.27. The van der Waals surface area contributed by atoms with Crippen LogP contribution in [0.5, 0.6) is 0 Å². The number of carboxylic acids is 1. The SMILES string of the molecule is C=Cc1c(C)c2cc3nc(c(C)c4nc(cc5[nH]c(cc1[nH]2)c(C)c5CC)C(C)=C4)CC3C.CC.CC.CCC(=O)O. The first kappa shape index (κ1) is 34.3. The zero-order valence-electron chi connectivity index (χ0n) is 27.5. The molecule has 8 bridgehead atoms. The molecule has 0 aromatic carbocycles. The molecule has 3 aromatic heterocycles. The van der Waals surface area contributed by atoms with Crippen molar-refractivity contribution in [1.29, 1.82) is 0 Å². The van der Waals surface area contributed by atoms with Crippen molar-refractivity contribution >= 4 is 45.8 Å². The lowest BCUT2D eigenvalue weighted by molar-refractivity contribution is -0.136. The maximum absolute atomic E-state index is 9.37. The molecule has 5 heterocycles. The van der Waals surface area contributed by atoms with Crippen molar-refractivity contribution < 1.29 is 9.90 Å². The third-order valence-corrected chi connectivity index (χ3v) is 7.62. The number of fused-ring (bicyclic) bond motifs is 8. The quantitative estimate of drug-likeness (QED) is 0.292. The van der Waals surface area contributed by atoms with E-state index in [0.29, 0.717) is 5.92 Å². The lowest BCUT2D eigenvalue weighted by Crippen LogP contribution is -1.91. The Morgan fingerprint density at radius 2 is 1.52 bits per heavy atom. The van der Waals surface area contributed by atoms with E-state index < -0.39 is 5.97 Å². The highest BCUT2D eigenvalue weighted by molar-refractivity contribution is 5.86. The van der Waals surface area contributed by atoms with Crippen LogP contribution in [-0.2, 0) is 17.6 Å². The van der Waals surface area contributed by atoms with Gasteiger partial charge in [0.15, 0.2) is 0 Å². The molecule has 0 spiro atoms. The Bertz CT molecular complexity index is 1620. The molecule has 6 heteroatoms. The third-order valence-electron chi connectivity index (χ3n) is 7.62. The van der Waals surface area contributed by atoms with Gasteiger partial charge in [0.1, 0.15) is 0 Å². The third kappa shape index (κ3) is 7.28. The Labute approximate surface area is 252 Å². The molecule has 2 aliphatic rings. The number of carboxylic acid groups (broad SMARTS) is 1. The summed E-state index contributed by atoms with van der Waals surface area (Å²) in [4.78, 5) is 26.8. The summed E-state index contributed by atoms with van der Waals surface area (Å²) in [7, 11) is 0. The van der Waals surface area contributed by atoms with Gasteiger partial charge in [0.05, 0.1) is 11.4 Å². The first-order chi connectivity index (χ1) is 20.1. The zero-order valence-corrected chi connectivity index (χ0v) is 27.5. The second kappa shape index (κ2) is 15.3. The van der Waals surface area contributed by atoms with Gasteiger partial charge in [-0.2, -0.15) is 0 Å². The van der Waals surface area contributed by atoms with Crippen LogP contribution in [0.15, 0.2) is 24.8 Å². The largest absolute Gasteiger partial charge is 0.481 e. The summed E-state index contributed by atoms with van der Waals surface area (Å²) in [6, 6.07) is 6.63. The Morgan fingerprint density at radius 3 is 2.10 bits per heavy atom. The van der Waals surface area contributed by atoms with E-state index in [0.717, 1.165) is 63.2 Å². The van der Waals surface area contributed by atoms with Gasteiger partial charge in [-0.1, -0.05) is 61.1 Å². The fraction of sp³-hybridized carbons (Fsp3) is 0.417. The molecule has 226 valence electrons. The van der Waals surface area contributed by atoms with Gasteiger partial charge in [0.25, 0.3) is 0 Å². The van der Waals surface area contributed by atoms with Crippen LogP contribution in [0.1, 0.15) is 118 Å². The van der Waals surface area contributed by atoms with Crippen LogP contribution in [0.2, 0.25) is 0 Å². The van der Waals surface area contributed by atoms with Crippen LogP contribution in [0.25, 0.3) is 39.8 Å². The Kier molecular flexibility index (Phi) is 12.5. The Balaban J connectivity index is 0.000000612. The van der Waals surface area contributed by atoms with Crippen LogP contribution in [0.3, 0.4) is 0 Å². The molecule has 3 N–H and O–H groups in total. The maximum Gasteiger partial charge on any atom is 0.303 e. The van der Waals surface area contributed by atoms with Crippen molar-refractivity contribution in [3.05, 3.63) is 75.4 Å². The number of H-pyrrole nitrogens is 2. The van der Waals surface area contributed by atoms with Crippen molar-refractivity contribution in [3.8, 4) is 0 Å². The average Bonchev–Trinajstić information content (AvgIpc) is 3.71. The van der Waals surface area contributed by atoms with Gasteiger partial charge in [0.2, 0.25) is 0 Å². The van der Waals surface area contributed by atoms with Crippen LogP contribution in [0.4, 0.5) is 0 Å². The summed E-state index contributed by atoms with van der Waals surface area (Å²) in [6.45, 7) is 26.8. The van der Waals surface area contributed by atoms with Crippen molar-refractivity contribution in [2.24, 2.45) is 0 Å². The van der Waals surface area contributed by atoms with Gasteiger partial charge in [-0.3, -0.25) is 9.78 Å². The van der Waals surface area contributed by atoms with Gasteiger partial charge in [-0.25, -0.2) is 4.98 Å². The second-order valence-corrected chi connectivity index (χ2v) is 10.2. The van der Waals surface area contributed by atoms with E-state index in [-0.39, 0.29) is 6.42 Å². The second-order valence-electron chi connectivity index (χ2n) is 10.2. The minimum Gasteiger partial charge on any atom is -0.481 e. The summed E-state index contributed by atoms with van der Waals surface area (Å²) in [5.41, 5.74) is 16.0. The molecule has 0 radical (unpaired) electrons. The maximum atomic E-state index is 9.37. The molecular formula is C36H50N4O2. The van der Waals surface area contributed by atoms with Crippen LogP contribution in [-0.4, -0.2) is 31.0 Å². The predicted molar refractivity (Wildman–Crippen MR) is 181 cm³/mol. The van der Waals surface area contributed by atoms with Crippen molar-refractivity contribution in [2.45, 2.75) is 101 Å². The molecule has 0 saturated heterocycles. The summed E-state index contributed by atoms with van der Waals surface area (Å²) < 4.78 is 0. The minimum atomic E-state index is -0.745. The number of rotatable bonds is 3. The number of aromatic nitrogens is 4. The molecule has 0 aliphatic carbocycles. The van der Waals surface area contributed by atoms with Crippen LogP contribution >= 0.6 is 0 Å². The molecule has 0 amide bonds. The summed E-state index contributed by atoms with van der Waals surface area (Å²) in [5, 5.41) is 7.72. The molecule has 1 unspecified atom stereocenters. The molecule has 0 fully saturated rings. The van der Waals surface area contributed by atoms with E-state index in [1.165, 1.54) is 27.8 Å². The van der Waals surface area contributed by atoms with Crippen LogP contribution < -0.4 is 0 Å². The van der Waals surface area contributed by atoms with Crippen LogP contribution in [0, 0.1) is 20.8 Å². The van der Waals surface area contributed by atoms with Gasteiger partial charge in [0, 0.05) is 51.4 Å². The topological polar surface area (TPSA) is 94.7 Å². The standard InChI is InChI=1S/C29H32N4.C3H6O2.2C2H6/c1-8-20-18(6)27-14-29-21(9-2)17(5)26(32-29)12-22-15(3)10-24(30-22)19(7)25-11-16(4)23(31-25)13-28(20)33-27;1-2-3(4)5;2*1-2/h9,11-15,32-33H,2,8,10H2,1,3-7H3;2H2,1H3,(H,4,5);2*1-2H3. The number of carbonyl (C=O) groups is 1. The molecule has 0 saturated carbocycles. The van der Waals surface area contributed by atoms with E-state index in [4.69, 9.17) is 15.1 Å². The number of aliphatic carboxylic acids is 1. The van der Waals surface area contributed by atoms with E-state index >= 15 is 0 Å². The first-order valence-corrected chi connectivity index (χ1v) is 15.3. The van der Waals surface area contributed by atoms with Gasteiger partial charge < -0.3 is 15.1 Å². The molecular weight excluding hydrogens is 520 g/mol. The first-order valence-electron chi connectivity index (χ1n) is 15.3. The number of aryl methyl sites for hydroxylation is 3. The van der Waals surface area contributed by atoms with E-state index in [9.17, 15) is 4.79 Å². The lowest BCUT2D eigenvalue weighted by Gasteiger charge is -2.00. The Morgan fingerprint density at radius 1 is 0.929 bits per heavy atom. The van der Waals surface area contributed by atoms with E-state index in [1.54, 1.807) is 6.92 Å². The normalized spacial score (nSPS) is 13.4. The van der Waals surface area contributed by atoms with Crippen molar-refractivity contribution in [1.82, 2.24) is 19.9 Å². The number of aromatic amines is 2. The van der Waals surface area contributed by atoms with Gasteiger partial charge >= 0.3 is 5.97 Å². The molecule has 5 rings (SSSR count). The fourth-order valence-corrected chi connectivity index (χ4v) is 5.14. The van der Waals surface area contributed by atoms with Gasteiger partial charge in [-0.15, -0.1) is 0 Å². The number of hydrogen-bond acceptors (Lipinski definition) is 3. The fourth-order valence-electron chi connectivity index (χ4n) is 5.14. The summed E-state index contributed by atoms with van der Waals surface area (Å²) >= 11 is 0. The molecule has 6 nitrogen and oxygen atoms in total. The smallest absolute Gasteiger partial charge is 0.303 e. The van der Waals surface area contributed by atoms with E-state index in [2.05, 4.69) is 82.4 Å². The minimum absolute atomic E-state index is 0.222. The summed E-state index contributed by atoms with van der Waals surface area (Å²) in [5.74, 6) is -0.375. The molecule has 2 aliphatic heterocycles. The zero-order chi connectivity index (χ0) is 31.7. The number of allylic oxidation sites excluding steroid dienone is 1. The van der Waals surface area contributed by atoms with Crippen molar-refractivity contribution in [3.63, 3.8) is 0 Å². The lowest BCUT2D eigenvalue weighted by atomic mass is 10.0. The number of nitrogens with one attached hydrogen (secondary N) is 2. The average molecular weight is 571 g/mol. The Hall–Kier alpha value is -3.93. The molecule has 42 heavy (non-hydrogen) atoms. The highest BCUT2D eigenvalue weighted by Crippen LogP contribution is 2.31. The highest BCUT2D eigenvalue weighted by Gasteiger charge is 2.20.